The number of ether oxygens (including phenoxy) is 1. The van der Waals surface area contributed by atoms with Crippen molar-refractivity contribution in [1.29, 1.82) is 0 Å². The molecule has 1 heterocycles. The maximum atomic E-state index is 11.9. The molecule has 0 aliphatic heterocycles. The number of rotatable bonds is 5. The zero-order valence-electron chi connectivity index (χ0n) is 11.9. The van der Waals surface area contributed by atoms with Crippen LogP contribution >= 0.6 is 11.3 Å². The van der Waals surface area contributed by atoms with Gasteiger partial charge in [-0.05, 0) is 43.2 Å². The zero-order valence-corrected chi connectivity index (χ0v) is 12.8. The van der Waals surface area contributed by atoms with E-state index in [0.717, 1.165) is 5.56 Å². The van der Waals surface area contributed by atoms with Crippen LogP contribution in [0.25, 0.3) is 0 Å². The second-order valence-electron chi connectivity index (χ2n) is 5.47. The SMILES string of the molecule is CN(Cc1ccsc1)C(=O)CCC(=O)OC(C)(C)C. The molecule has 0 radical (unpaired) electrons. The standard InChI is InChI=1S/C14H21NO3S/c1-14(2,3)18-13(17)6-5-12(16)15(4)9-11-7-8-19-10-11/h7-8,10H,5-6,9H2,1-4H3. The van der Waals surface area contributed by atoms with E-state index in [4.69, 9.17) is 4.74 Å². The summed E-state index contributed by atoms with van der Waals surface area (Å²) in [5.41, 5.74) is 0.612. The first kappa shape index (κ1) is 15.7. The Labute approximate surface area is 118 Å². The van der Waals surface area contributed by atoms with Crippen molar-refractivity contribution >= 4 is 23.2 Å². The van der Waals surface area contributed by atoms with Gasteiger partial charge in [-0.15, -0.1) is 0 Å². The highest BCUT2D eigenvalue weighted by Crippen LogP contribution is 2.11. The third kappa shape index (κ3) is 6.38. The highest BCUT2D eigenvalue weighted by atomic mass is 32.1. The monoisotopic (exact) mass is 283 g/mol. The fourth-order valence-corrected chi connectivity index (χ4v) is 2.20. The Bertz CT molecular complexity index is 420. The minimum absolute atomic E-state index is 0.0444. The lowest BCUT2D eigenvalue weighted by atomic mass is 10.2. The zero-order chi connectivity index (χ0) is 14.5. The van der Waals surface area contributed by atoms with Crippen LogP contribution in [0.2, 0.25) is 0 Å². The fourth-order valence-electron chi connectivity index (χ4n) is 1.54. The van der Waals surface area contributed by atoms with Gasteiger partial charge in [-0.2, -0.15) is 11.3 Å². The van der Waals surface area contributed by atoms with E-state index in [1.165, 1.54) is 0 Å². The third-order valence-corrected chi connectivity index (χ3v) is 3.12. The van der Waals surface area contributed by atoms with Gasteiger partial charge >= 0.3 is 5.97 Å². The van der Waals surface area contributed by atoms with Crippen molar-refractivity contribution < 1.29 is 14.3 Å². The Hall–Kier alpha value is -1.36. The van der Waals surface area contributed by atoms with E-state index in [1.807, 2.05) is 37.6 Å². The van der Waals surface area contributed by atoms with Gasteiger partial charge in [-0.25, -0.2) is 0 Å². The van der Waals surface area contributed by atoms with E-state index < -0.39 is 5.60 Å². The molecule has 0 bridgehead atoms. The molecule has 0 aliphatic carbocycles. The fraction of sp³-hybridized carbons (Fsp3) is 0.571. The Morgan fingerprint density at radius 1 is 1.32 bits per heavy atom. The Balaban J connectivity index is 2.32. The number of nitrogens with zero attached hydrogens (tertiary/aromatic N) is 1. The molecule has 1 rings (SSSR count). The molecule has 106 valence electrons. The molecule has 19 heavy (non-hydrogen) atoms. The molecule has 4 nitrogen and oxygen atoms in total. The van der Waals surface area contributed by atoms with E-state index in [-0.39, 0.29) is 24.7 Å². The van der Waals surface area contributed by atoms with Gasteiger partial charge in [0.15, 0.2) is 0 Å². The summed E-state index contributed by atoms with van der Waals surface area (Å²) in [4.78, 5) is 25.0. The molecule has 1 amide bonds. The van der Waals surface area contributed by atoms with Crippen molar-refractivity contribution in [3.8, 4) is 0 Å². The van der Waals surface area contributed by atoms with Gasteiger partial charge in [0, 0.05) is 20.0 Å². The van der Waals surface area contributed by atoms with Crippen LogP contribution in [0.5, 0.6) is 0 Å². The molecule has 0 unspecified atom stereocenters. The van der Waals surface area contributed by atoms with Crippen molar-refractivity contribution in [1.82, 2.24) is 4.90 Å². The summed E-state index contributed by atoms with van der Waals surface area (Å²) in [5.74, 6) is -0.373. The molecule has 0 fully saturated rings. The molecule has 5 heteroatoms. The van der Waals surface area contributed by atoms with Crippen molar-refractivity contribution in [3.63, 3.8) is 0 Å². The molecule has 0 atom stereocenters. The smallest absolute Gasteiger partial charge is 0.306 e. The number of hydrogen-bond acceptors (Lipinski definition) is 4. The molecule has 1 aromatic rings. The van der Waals surface area contributed by atoms with E-state index in [1.54, 1.807) is 23.3 Å². The van der Waals surface area contributed by atoms with Crippen LogP contribution in [0.1, 0.15) is 39.2 Å². The van der Waals surface area contributed by atoms with Gasteiger partial charge in [0.05, 0.1) is 6.42 Å². The second-order valence-corrected chi connectivity index (χ2v) is 6.25. The summed E-state index contributed by atoms with van der Waals surface area (Å²) in [5, 5.41) is 3.99. The molecular formula is C14H21NO3S. The topological polar surface area (TPSA) is 46.6 Å². The van der Waals surface area contributed by atoms with Crippen molar-refractivity contribution in [2.45, 2.75) is 45.8 Å². The molecule has 0 saturated carbocycles. The van der Waals surface area contributed by atoms with Crippen LogP contribution in [0.4, 0.5) is 0 Å². The number of thiophene rings is 1. The summed E-state index contributed by atoms with van der Waals surface area (Å²) in [7, 11) is 1.75. The Morgan fingerprint density at radius 2 is 2.00 bits per heavy atom. The normalized spacial score (nSPS) is 11.2. The summed E-state index contributed by atoms with van der Waals surface area (Å²) in [6, 6.07) is 1.99. The lowest BCUT2D eigenvalue weighted by Gasteiger charge is -2.20. The molecule has 0 N–H and O–H groups in total. The van der Waals surface area contributed by atoms with Crippen LogP contribution in [0, 0.1) is 0 Å². The highest BCUT2D eigenvalue weighted by molar-refractivity contribution is 7.07. The summed E-state index contributed by atoms with van der Waals surface area (Å²) in [6.45, 7) is 6.02. The average Bonchev–Trinajstić information content (AvgIpc) is 2.76. The van der Waals surface area contributed by atoms with Crippen LogP contribution in [-0.2, 0) is 20.9 Å². The summed E-state index contributed by atoms with van der Waals surface area (Å²) in [6.07, 6.45) is 0.319. The molecule has 0 aromatic carbocycles. The summed E-state index contributed by atoms with van der Waals surface area (Å²) < 4.78 is 5.17. The van der Waals surface area contributed by atoms with Gasteiger partial charge < -0.3 is 9.64 Å². The first-order valence-electron chi connectivity index (χ1n) is 6.25. The number of hydrogen-bond donors (Lipinski definition) is 0. The lowest BCUT2D eigenvalue weighted by molar-refractivity contribution is -0.156. The molecule has 0 aliphatic rings. The largest absolute Gasteiger partial charge is 0.460 e. The predicted octanol–water partition coefficient (Wildman–Crippen LogP) is 2.83. The minimum atomic E-state index is -0.497. The van der Waals surface area contributed by atoms with Gasteiger partial charge in [-0.3, -0.25) is 9.59 Å². The summed E-state index contributed by atoms with van der Waals surface area (Å²) >= 11 is 1.61. The lowest BCUT2D eigenvalue weighted by Crippen LogP contribution is -2.28. The van der Waals surface area contributed by atoms with Crippen LogP contribution < -0.4 is 0 Å². The van der Waals surface area contributed by atoms with Crippen molar-refractivity contribution in [2.75, 3.05) is 7.05 Å². The number of esters is 1. The van der Waals surface area contributed by atoms with Crippen LogP contribution in [0.15, 0.2) is 16.8 Å². The van der Waals surface area contributed by atoms with E-state index in [2.05, 4.69) is 0 Å². The van der Waals surface area contributed by atoms with Crippen LogP contribution in [-0.4, -0.2) is 29.4 Å². The van der Waals surface area contributed by atoms with Crippen molar-refractivity contribution in [2.24, 2.45) is 0 Å². The van der Waals surface area contributed by atoms with Crippen LogP contribution in [0.3, 0.4) is 0 Å². The quantitative estimate of drug-likeness (QED) is 0.781. The van der Waals surface area contributed by atoms with Crippen molar-refractivity contribution in [3.05, 3.63) is 22.4 Å². The molecular weight excluding hydrogens is 262 g/mol. The van der Waals surface area contributed by atoms with Gasteiger partial charge in [0.2, 0.25) is 5.91 Å². The third-order valence-electron chi connectivity index (χ3n) is 2.39. The molecule has 1 aromatic heterocycles. The highest BCUT2D eigenvalue weighted by Gasteiger charge is 2.18. The first-order chi connectivity index (χ1) is 8.78. The Kier molecular flexibility index (Phi) is 5.54. The second kappa shape index (κ2) is 6.70. The number of carbonyl (C=O) groups is 2. The molecule has 0 spiro atoms. The molecule has 0 saturated heterocycles. The van der Waals surface area contributed by atoms with Gasteiger partial charge in [0.1, 0.15) is 5.60 Å². The van der Waals surface area contributed by atoms with E-state index in [9.17, 15) is 9.59 Å². The predicted molar refractivity (Wildman–Crippen MR) is 75.9 cm³/mol. The van der Waals surface area contributed by atoms with Gasteiger partial charge in [-0.1, -0.05) is 0 Å². The average molecular weight is 283 g/mol. The van der Waals surface area contributed by atoms with E-state index in [0.29, 0.717) is 6.54 Å². The first-order valence-corrected chi connectivity index (χ1v) is 7.19. The maximum absolute atomic E-state index is 11.9. The van der Waals surface area contributed by atoms with Gasteiger partial charge in [0.25, 0.3) is 0 Å². The number of amides is 1. The maximum Gasteiger partial charge on any atom is 0.306 e. The Morgan fingerprint density at radius 3 is 2.53 bits per heavy atom. The minimum Gasteiger partial charge on any atom is -0.460 e. The number of carbonyl (C=O) groups excluding carboxylic acids is 2. The van der Waals surface area contributed by atoms with E-state index >= 15 is 0 Å².